The molecule has 2 atom stereocenters. The van der Waals surface area contributed by atoms with Crippen LogP contribution in [0.25, 0.3) is 0 Å². The van der Waals surface area contributed by atoms with Crippen molar-refractivity contribution in [1.29, 1.82) is 0 Å². The minimum absolute atomic E-state index is 0.0146. The molecule has 9 nitrogen and oxygen atoms in total. The Labute approximate surface area is 240 Å². The Hall–Kier alpha value is -4.10. The molecular formula is C27H21ClF3N5O4S. The van der Waals surface area contributed by atoms with Gasteiger partial charge in [-0.3, -0.25) is 14.9 Å². The molecule has 2 aromatic heterocycles. The average Bonchev–Trinajstić information content (AvgIpc) is 3.68. The molecule has 2 N–H and O–H groups in total. The van der Waals surface area contributed by atoms with E-state index in [-0.39, 0.29) is 34.4 Å². The highest BCUT2D eigenvalue weighted by molar-refractivity contribution is 7.10. The number of fused-ring (bicyclic) bond motifs is 2. The molecule has 212 valence electrons. The van der Waals surface area contributed by atoms with Crippen LogP contribution in [0.2, 0.25) is 5.02 Å². The van der Waals surface area contributed by atoms with Crippen LogP contribution in [0.4, 0.5) is 30.4 Å². The van der Waals surface area contributed by atoms with E-state index < -0.39 is 34.8 Å². The molecule has 2 aromatic carbocycles. The Bertz CT molecular complexity index is 1660. The number of benzene rings is 2. The molecule has 0 saturated carbocycles. The molecular weight excluding hydrogens is 583 g/mol. The number of anilines is 2. The number of amides is 1. The minimum atomic E-state index is -4.65. The third-order valence-corrected chi connectivity index (χ3v) is 8.41. The van der Waals surface area contributed by atoms with Gasteiger partial charge in [0.1, 0.15) is 22.3 Å². The van der Waals surface area contributed by atoms with Crippen LogP contribution in [0.3, 0.4) is 0 Å². The maximum absolute atomic E-state index is 14.0. The van der Waals surface area contributed by atoms with E-state index in [2.05, 4.69) is 15.7 Å². The van der Waals surface area contributed by atoms with E-state index in [1.165, 1.54) is 29.0 Å². The molecule has 0 saturated heterocycles. The standard InChI is InChI=1S/C27H21ClF3N5O4S/c28-23-24(34-35-22(27(29,30)31)13-20(33-25(23)35)21-5-2-8-41-21)26(37)32-16-10-17(36(38)39)12-19(11-16)40-18-7-6-14-3-1-4-15(14)9-18/h2,5-12,20,22,33H,1,3-4,13H2,(H,32,37). The van der Waals surface area contributed by atoms with Gasteiger partial charge >= 0.3 is 6.18 Å². The van der Waals surface area contributed by atoms with Crippen LogP contribution in [-0.4, -0.2) is 26.8 Å². The first kappa shape index (κ1) is 27.1. The summed E-state index contributed by atoms with van der Waals surface area (Å²) < 4.78 is 48.7. The molecule has 4 aromatic rings. The lowest BCUT2D eigenvalue weighted by Crippen LogP contribution is -2.35. The molecule has 0 bridgehead atoms. The Balaban J connectivity index is 1.29. The second kappa shape index (κ2) is 10.4. The van der Waals surface area contributed by atoms with Crippen molar-refractivity contribution >= 4 is 46.0 Å². The average molecular weight is 604 g/mol. The highest BCUT2D eigenvalue weighted by Crippen LogP contribution is 2.47. The first-order valence-electron chi connectivity index (χ1n) is 12.6. The lowest BCUT2D eigenvalue weighted by atomic mass is 10.0. The number of alkyl halides is 3. The number of aromatic nitrogens is 2. The summed E-state index contributed by atoms with van der Waals surface area (Å²) in [6, 6.07) is 10.1. The first-order chi connectivity index (χ1) is 19.6. The number of ether oxygens (including phenoxy) is 1. The molecule has 1 amide bonds. The molecule has 6 rings (SSSR count). The van der Waals surface area contributed by atoms with Crippen molar-refractivity contribution < 1.29 is 27.6 Å². The second-order valence-electron chi connectivity index (χ2n) is 9.77. The van der Waals surface area contributed by atoms with Gasteiger partial charge in [-0.25, -0.2) is 4.68 Å². The van der Waals surface area contributed by atoms with Crippen LogP contribution >= 0.6 is 22.9 Å². The van der Waals surface area contributed by atoms with E-state index in [9.17, 15) is 28.1 Å². The van der Waals surface area contributed by atoms with E-state index in [0.29, 0.717) is 15.3 Å². The van der Waals surface area contributed by atoms with Crippen LogP contribution in [0.15, 0.2) is 53.9 Å². The molecule has 0 fully saturated rings. The first-order valence-corrected chi connectivity index (χ1v) is 13.9. The van der Waals surface area contributed by atoms with Crippen molar-refractivity contribution in [2.45, 2.75) is 43.9 Å². The van der Waals surface area contributed by atoms with Crippen LogP contribution in [0.1, 0.15) is 51.4 Å². The summed E-state index contributed by atoms with van der Waals surface area (Å²) >= 11 is 7.71. The fourth-order valence-electron chi connectivity index (χ4n) is 5.17. The van der Waals surface area contributed by atoms with Crippen molar-refractivity contribution in [3.63, 3.8) is 0 Å². The maximum atomic E-state index is 14.0. The molecule has 41 heavy (non-hydrogen) atoms. The van der Waals surface area contributed by atoms with Crippen LogP contribution < -0.4 is 15.4 Å². The number of rotatable bonds is 6. The number of halogens is 4. The van der Waals surface area contributed by atoms with Gasteiger partial charge in [-0.15, -0.1) is 11.3 Å². The van der Waals surface area contributed by atoms with Gasteiger partial charge in [0.25, 0.3) is 11.6 Å². The number of nitrogens with zero attached hydrogens (tertiary/aromatic N) is 3. The van der Waals surface area contributed by atoms with Crippen LogP contribution in [0, 0.1) is 10.1 Å². The van der Waals surface area contributed by atoms with E-state index in [1.54, 1.807) is 23.6 Å². The predicted molar refractivity (Wildman–Crippen MR) is 147 cm³/mol. The summed E-state index contributed by atoms with van der Waals surface area (Å²) in [5.41, 5.74) is 1.55. The highest BCUT2D eigenvalue weighted by Gasteiger charge is 2.48. The number of hydrogen-bond acceptors (Lipinski definition) is 7. The quantitative estimate of drug-likeness (QED) is 0.173. The van der Waals surface area contributed by atoms with Gasteiger partial charge in [-0.1, -0.05) is 23.7 Å². The summed E-state index contributed by atoms with van der Waals surface area (Å²) in [6.45, 7) is 0. The lowest BCUT2D eigenvalue weighted by molar-refractivity contribution is -0.384. The number of nitro groups is 1. The van der Waals surface area contributed by atoms with Gasteiger partial charge in [0.2, 0.25) is 0 Å². The smallest absolute Gasteiger partial charge is 0.410 e. The maximum Gasteiger partial charge on any atom is 0.410 e. The molecule has 2 unspecified atom stereocenters. The normalized spacial score (nSPS) is 17.9. The second-order valence-corrected chi connectivity index (χ2v) is 11.1. The molecule has 0 radical (unpaired) electrons. The summed E-state index contributed by atoms with van der Waals surface area (Å²) in [6.07, 6.45) is -2.06. The van der Waals surface area contributed by atoms with Gasteiger partial charge in [-0.2, -0.15) is 18.3 Å². The van der Waals surface area contributed by atoms with Crippen LogP contribution in [0.5, 0.6) is 11.5 Å². The van der Waals surface area contributed by atoms with Crippen molar-refractivity contribution in [3.05, 3.63) is 90.7 Å². The fourth-order valence-corrected chi connectivity index (χ4v) is 6.22. The van der Waals surface area contributed by atoms with E-state index in [0.717, 1.165) is 30.9 Å². The fraction of sp³-hybridized carbons (Fsp3) is 0.259. The summed E-state index contributed by atoms with van der Waals surface area (Å²) in [4.78, 5) is 24.8. The van der Waals surface area contributed by atoms with Gasteiger partial charge in [0, 0.05) is 23.4 Å². The molecule has 1 aliphatic heterocycles. The third-order valence-electron chi connectivity index (χ3n) is 7.06. The van der Waals surface area contributed by atoms with Gasteiger partial charge in [0.15, 0.2) is 11.7 Å². The Morgan fingerprint density at radius 3 is 2.71 bits per heavy atom. The van der Waals surface area contributed by atoms with E-state index >= 15 is 0 Å². The van der Waals surface area contributed by atoms with Crippen LogP contribution in [-0.2, 0) is 12.8 Å². The zero-order valence-electron chi connectivity index (χ0n) is 21.1. The molecule has 0 spiro atoms. The van der Waals surface area contributed by atoms with Crippen molar-refractivity contribution in [2.75, 3.05) is 10.6 Å². The van der Waals surface area contributed by atoms with Crippen molar-refractivity contribution in [3.8, 4) is 11.5 Å². The van der Waals surface area contributed by atoms with Gasteiger partial charge in [0.05, 0.1) is 22.7 Å². The zero-order chi connectivity index (χ0) is 28.9. The molecule has 2 aliphatic rings. The number of nitrogens with one attached hydrogen (secondary N) is 2. The monoisotopic (exact) mass is 603 g/mol. The van der Waals surface area contributed by atoms with Crippen molar-refractivity contribution in [1.82, 2.24) is 9.78 Å². The Morgan fingerprint density at radius 1 is 1.17 bits per heavy atom. The molecule has 1 aliphatic carbocycles. The summed E-state index contributed by atoms with van der Waals surface area (Å²) in [7, 11) is 0. The topological polar surface area (TPSA) is 111 Å². The third kappa shape index (κ3) is 5.34. The lowest BCUT2D eigenvalue weighted by Gasteiger charge is -2.32. The zero-order valence-corrected chi connectivity index (χ0v) is 22.6. The van der Waals surface area contributed by atoms with Gasteiger partial charge < -0.3 is 15.4 Å². The minimum Gasteiger partial charge on any atom is -0.457 e. The largest absolute Gasteiger partial charge is 0.457 e. The Morgan fingerprint density at radius 2 is 1.98 bits per heavy atom. The summed E-state index contributed by atoms with van der Waals surface area (Å²) in [5, 5.41) is 22.4. The number of hydrogen-bond donors (Lipinski definition) is 2. The van der Waals surface area contributed by atoms with Gasteiger partial charge in [-0.05, 0) is 54.0 Å². The summed E-state index contributed by atoms with van der Waals surface area (Å²) in [5.74, 6) is -0.488. The number of nitro benzene ring substituents is 1. The highest BCUT2D eigenvalue weighted by atomic mass is 35.5. The number of carbonyl (C=O) groups excluding carboxylic acids is 1. The number of non-ortho nitro benzene ring substituents is 1. The number of thiophene rings is 1. The van der Waals surface area contributed by atoms with E-state index in [4.69, 9.17) is 16.3 Å². The SMILES string of the molecule is O=C(Nc1cc(Oc2ccc3c(c2)CCC3)cc([N+](=O)[O-])c1)c1nn2c(c1Cl)NC(c1cccs1)CC2C(F)(F)F. The molecule has 3 heterocycles. The number of carbonyl (C=O) groups is 1. The van der Waals surface area contributed by atoms with E-state index in [1.807, 2.05) is 12.1 Å². The molecule has 14 heteroatoms. The Kier molecular flexibility index (Phi) is 6.86. The predicted octanol–water partition coefficient (Wildman–Crippen LogP) is 7.70. The van der Waals surface area contributed by atoms with Crippen molar-refractivity contribution in [2.24, 2.45) is 0 Å². The number of aryl methyl sites for hydroxylation is 2.